The lowest BCUT2D eigenvalue weighted by atomic mass is 10.0. The summed E-state index contributed by atoms with van der Waals surface area (Å²) in [5.74, 6) is -0.879. The Hall–Kier alpha value is -3.15. The normalized spacial score (nSPS) is 12.5. The Morgan fingerprint density at radius 1 is 0.253 bits per heavy atom. The molecule has 0 saturated carbocycles. The second kappa shape index (κ2) is 71.3. The van der Waals surface area contributed by atoms with E-state index in [4.69, 9.17) is 14.2 Å². The first-order valence-corrected chi connectivity index (χ1v) is 36.4. The van der Waals surface area contributed by atoms with Gasteiger partial charge in [-0.1, -0.05) is 363 Å². The minimum atomic E-state index is -0.789. The fourth-order valence-corrected chi connectivity index (χ4v) is 10.8. The second-order valence-electron chi connectivity index (χ2n) is 24.5. The molecular weight excluding hydrogens is 1020 g/mol. The molecule has 1 unspecified atom stereocenters. The molecule has 0 aromatic heterocycles. The van der Waals surface area contributed by atoms with Crippen LogP contribution in [0.4, 0.5) is 0 Å². The van der Waals surface area contributed by atoms with Crippen molar-refractivity contribution in [3.63, 3.8) is 0 Å². The predicted molar refractivity (Wildman–Crippen MR) is 362 cm³/mol. The Labute approximate surface area is 516 Å². The second-order valence-corrected chi connectivity index (χ2v) is 24.5. The molecule has 0 aromatic rings. The standard InChI is InChI=1S/C77H138O6/c1-4-7-10-13-16-19-22-25-28-31-34-36-38-40-41-43-46-49-52-55-58-61-64-67-70-76(79)82-73-74(72-81-75(78)69-66-63-60-57-54-51-48-45-33-30-27-24-21-18-15-12-9-6-3)83-77(80)71-68-65-62-59-56-53-50-47-44-42-39-37-35-32-29-26-23-20-17-14-11-8-5-2/h8,11,17,20,26,29,35,37,42,44,50,53,74H,4-7,9-10,12-16,18-19,21-25,27-28,30-34,36,38-41,43,45-49,51-52,54-73H2,1-3H3/b11-8-,20-17-,29-26-,37-35-,44-42-,53-50-. The van der Waals surface area contributed by atoms with Crippen LogP contribution in [0.2, 0.25) is 0 Å². The number of esters is 3. The van der Waals surface area contributed by atoms with E-state index in [0.717, 1.165) is 109 Å². The first kappa shape index (κ1) is 79.8. The summed E-state index contributed by atoms with van der Waals surface area (Å²) < 4.78 is 17.0. The van der Waals surface area contributed by atoms with E-state index >= 15 is 0 Å². The van der Waals surface area contributed by atoms with Gasteiger partial charge in [0.1, 0.15) is 13.2 Å². The quantitative estimate of drug-likeness (QED) is 0.0261. The van der Waals surface area contributed by atoms with E-state index in [1.807, 2.05) is 0 Å². The average Bonchev–Trinajstić information content (AvgIpc) is 3.49. The summed E-state index contributed by atoms with van der Waals surface area (Å²) in [4.78, 5) is 38.5. The van der Waals surface area contributed by atoms with E-state index in [1.165, 1.54) is 231 Å². The number of carbonyl (C=O) groups is 3. The van der Waals surface area contributed by atoms with Crippen LogP contribution in [0.25, 0.3) is 0 Å². The molecule has 0 aliphatic carbocycles. The zero-order chi connectivity index (χ0) is 59.9. The van der Waals surface area contributed by atoms with Crippen molar-refractivity contribution in [3.8, 4) is 0 Å². The molecule has 0 aliphatic rings. The van der Waals surface area contributed by atoms with Gasteiger partial charge in [0.25, 0.3) is 0 Å². The number of allylic oxidation sites excluding steroid dienone is 12. The van der Waals surface area contributed by atoms with Gasteiger partial charge < -0.3 is 14.2 Å². The maximum Gasteiger partial charge on any atom is 0.306 e. The van der Waals surface area contributed by atoms with Crippen LogP contribution >= 0.6 is 0 Å². The van der Waals surface area contributed by atoms with E-state index in [1.54, 1.807) is 0 Å². The molecule has 0 bridgehead atoms. The SMILES string of the molecule is CC/C=C\C/C=C\C/C=C\C/C=C\C/C=C\C/C=C\CCCCCCC(=O)OC(COC(=O)CCCCCCCCCCCCCCCCCCCC)COC(=O)CCCCCCCCCCCCCCCCCCCCCCCCCC. The molecule has 0 heterocycles. The number of carbonyl (C=O) groups excluding carboxylic acids is 3. The lowest BCUT2D eigenvalue weighted by molar-refractivity contribution is -0.167. The van der Waals surface area contributed by atoms with Crippen molar-refractivity contribution in [2.45, 2.75) is 386 Å². The number of hydrogen-bond donors (Lipinski definition) is 0. The summed E-state index contributed by atoms with van der Waals surface area (Å²) in [7, 11) is 0. The third-order valence-electron chi connectivity index (χ3n) is 16.2. The van der Waals surface area contributed by atoms with Gasteiger partial charge in [-0.05, 0) is 70.6 Å². The Balaban J connectivity index is 4.37. The Kier molecular flexibility index (Phi) is 68.6. The highest BCUT2D eigenvalue weighted by Gasteiger charge is 2.19. The predicted octanol–water partition coefficient (Wildman–Crippen LogP) is 25.2. The zero-order valence-electron chi connectivity index (χ0n) is 55.5. The van der Waals surface area contributed by atoms with Crippen molar-refractivity contribution in [2.24, 2.45) is 0 Å². The van der Waals surface area contributed by atoms with E-state index in [9.17, 15) is 14.4 Å². The molecule has 0 radical (unpaired) electrons. The summed E-state index contributed by atoms with van der Waals surface area (Å²) in [6, 6.07) is 0. The fourth-order valence-electron chi connectivity index (χ4n) is 10.8. The van der Waals surface area contributed by atoms with Gasteiger partial charge in [-0.15, -0.1) is 0 Å². The number of unbranched alkanes of at least 4 members (excludes halogenated alkanes) is 44. The summed E-state index contributed by atoms with van der Waals surface area (Å²) >= 11 is 0. The molecule has 0 spiro atoms. The molecule has 6 nitrogen and oxygen atoms in total. The van der Waals surface area contributed by atoms with Crippen LogP contribution in [0.1, 0.15) is 380 Å². The van der Waals surface area contributed by atoms with Gasteiger partial charge >= 0.3 is 17.9 Å². The number of rotatable bonds is 67. The lowest BCUT2D eigenvalue weighted by Gasteiger charge is -2.18. The van der Waals surface area contributed by atoms with Crippen LogP contribution in [-0.4, -0.2) is 37.2 Å². The van der Waals surface area contributed by atoms with Crippen molar-refractivity contribution in [1.82, 2.24) is 0 Å². The maximum atomic E-state index is 13.0. The minimum absolute atomic E-state index is 0.0809. The molecule has 0 aromatic carbocycles. The van der Waals surface area contributed by atoms with Gasteiger partial charge in [-0.2, -0.15) is 0 Å². The third-order valence-corrected chi connectivity index (χ3v) is 16.2. The highest BCUT2D eigenvalue weighted by molar-refractivity contribution is 5.71. The minimum Gasteiger partial charge on any atom is -0.462 e. The lowest BCUT2D eigenvalue weighted by Crippen LogP contribution is -2.30. The third kappa shape index (κ3) is 69.5. The van der Waals surface area contributed by atoms with Crippen LogP contribution in [0.5, 0.6) is 0 Å². The summed E-state index contributed by atoms with van der Waals surface area (Å²) in [5, 5.41) is 0. The molecule has 0 saturated heterocycles. The maximum absolute atomic E-state index is 13.0. The van der Waals surface area contributed by atoms with Crippen LogP contribution < -0.4 is 0 Å². The fraction of sp³-hybridized carbons (Fsp3) is 0.805. The molecule has 482 valence electrons. The Morgan fingerprint density at radius 2 is 0.470 bits per heavy atom. The highest BCUT2D eigenvalue weighted by atomic mass is 16.6. The highest BCUT2D eigenvalue weighted by Crippen LogP contribution is 2.19. The Morgan fingerprint density at radius 3 is 0.735 bits per heavy atom. The molecular formula is C77H138O6. The van der Waals surface area contributed by atoms with Crippen molar-refractivity contribution in [3.05, 3.63) is 72.9 Å². The first-order valence-electron chi connectivity index (χ1n) is 36.4. The van der Waals surface area contributed by atoms with E-state index in [0.29, 0.717) is 19.3 Å². The van der Waals surface area contributed by atoms with Gasteiger partial charge in [0.2, 0.25) is 0 Å². The van der Waals surface area contributed by atoms with Gasteiger partial charge in [0.15, 0.2) is 6.10 Å². The van der Waals surface area contributed by atoms with Crippen molar-refractivity contribution >= 4 is 17.9 Å². The molecule has 1 atom stereocenters. The largest absolute Gasteiger partial charge is 0.462 e. The topological polar surface area (TPSA) is 78.9 Å². The number of ether oxygens (including phenoxy) is 3. The van der Waals surface area contributed by atoms with Gasteiger partial charge in [0.05, 0.1) is 0 Å². The van der Waals surface area contributed by atoms with Gasteiger partial charge in [0, 0.05) is 19.3 Å². The summed E-state index contributed by atoms with van der Waals surface area (Å²) in [6.07, 6.45) is 93.6. The van der Waals surface area contributed by atoms with E-state index < -0.39 is 6.10 Å². The molecule has 6 heteroatoms. The smallest absolute Gasteiger partial charge is 0.306 e. The van der Waals surface area contributed by atoms with E-state index in [2.05, 4.69) is 93.7 Å². The van der Waals surface area contributed by atoms with Crippen molar-refractivity contribution < 1.29 is 28.6 Å². The summed E-state index contributed by atoms with van der Waals surface area (Å²) in [5.41, 5.74) is 0. The first-order chi connectivity index (χ1) is 41.0. The molecule has 0 rings (SSSR count). The Bertz CT molecular complexity index is 1520. The van der Waals surface area contributed by atoms with Crippen molar-refractivity contribution in [2.75, 3.05) is 13.2 Å². The van der Waals surface area contributed by atoms with Crippen LogP contribution in [-0.2, 0) is 28.6 Å². The zero-order valence-corrected chi connectivity index (χ0v) is 55.5. The van der Waals surface area contributed by atoms with Gasteiger partial charge in [-0.3, -0.25) is 14.4 Å². The molecule has 83 heavy (non-hydrogen) atoms. The monoisotopic (exact) mass is 1160 g/mol. The van der Waals surface area contributed by atoms with Gasteiger partial charge in [-0.25, -0.2) is 0 Å². The van der Waals surface area contributed by atoms with Crippen LogP contribution in [0.3, 0.4) is 0 Å². The average molecular weight is 1160 g/mol. The molecule has 0 fully saturated rings. The number of hydrogen-bond acceptors (Lipinski definition) is 6. The molecule has 0 amide bonds. The van der Waals surface area contributed by atoms with Crippen molar-refractivity contribution in [1.29, 1.82) is 0 Å². The van der Waals surface area contributed by atoms with E-state index in [-0.39, 0.29) is 31.1 Å². The molecule has 0 aliphatic heterocycles. The van der Waals surface area contributed by atoms with Crippen LogP contribution in [0.15, 0.2) is 72.9 Å². The molecule has 0 N–H and O–H groups in total. The van der Waals surface area contributed by atoms with Crippen LogP contribution in [0, 0.1) is 0 Å². The summed E-state index contributed by atoms with van der Waals surface area (Å²) in [6.45, 7) is 6.58.